The molecular formula is C22H25NO6. The molecule has 0 aliphatic carbocycles. The Morgan fingerprint density at radius 3 is 2.41 bits per heavy atom. The highest BCUT2D eigenvalue weighted by Crippen LogP contribution is 2.18. The van der Waals surface area contributed by atoms with Crippen molar-refractivity contribution in [3.05, 3.63) is 54.1 Å². The second-order valence-electron chi connectivity index (χ2n) is 6.74. The van der Waals surface area contributed by atoms with Gasteiger partial charge in [0.15, 0.2) is 6.10 Å². The second-order valence-corrected chi connectivity index (χ2v) is 6.74. The lowest BCUT2D eigenvalue weighted by Gasteiger charge is -2.14. The van der Waals surface area contributed by atoms with Gasteiger partial charge >= 0.3 is 5.97 Å². The number of methoxy groups -OCH3 is 1. The number of anilines is 1. The molecule has 0 unspecified atom stereocenters. The molecule has 154 valence electrons. The van der Waals surface area contributed by atoms with Crippen LogP contribution in [0.4, 0.5) is 5.69 Å². The average molecular weight is 399 g/mol. The summed E-state index contributed by atoms with van der Waals surface area (Å²) in [5.41, 5.74) is 0.935. The van der Waals surface area contributed by atoms with Crippen LogP contribution in [0.2, 0.25) is 0 Å². The van der Waals surface area contributed by atoms with Crippen molar-refractivity contribution in [3.63, 3.8) is 0 Å². The first kappa shape index (κ1) is 20.7. The summed E-state index contributed by atoms with van der Waals surface area (Å²) in [6.07, 6.45) is 1.24. The van der Waals surface area contributed by atoms with Crippen molar-refractivity contribution in [3.8, 4) is 11.5 Å². The monoisotopic (exact) mass is 399 g/mol. The van der Waals surface area contributed by atoms with Gasteiger partial charge in [-0.05, 0) is 68.3 Å². The third-order valence-electron chi connectivity index (χ3n) is 4.56. The van der Waals surface area contributed by atoms with Crippen molar-refractivity contribution in [2.24, 2.45) is 0 Å². The number of carbonyl (C=O) groups is 2. The van der Waals surface area contributed by atoms with Crippen molar-refractivity contribution in [2.45, 2.75) is 32.0 Å². The van der Waals surface area contributed by atoms with Crippen molar-refractivity contribution in [1.29, 1.82) is 0 Å². The molecule has 1 fully saturated rings. The molecule has 0 radical (unpaired) electrons. The Morgan fingerprint density at radius 1 is 1.10 bits per heavy atom. The topological polar surface area (TPSA) is 83.1 Å². The minimum Gasteiger partial charge on any atom is -0.497 e. The van der Waals surface area contributed by atoms with Crippen LogP contribution in [0.3, 0.4) is 0 Å². The fraction of sp³-hybridized carbons (Fsp3) is 0.364. The zero-order valence-corrected chi connectivity index (χ0v) is 16.6. The van der Waals surface area contributed by atoms with Crippen LogP contribution in [0.1, 0.15) is 30.1 Å². The van der Waals surface area contributed by atoms with Gasteiger partial charge in [-0.1, -0.05) is 0 Å². The van der Waals surface area contributed by atoms with E-state index >= 15 is 0 Å². The average Bonchev–Trinajstić information content (AvgIpc) is 3.26. The highest BCUT2D eigenvalue weighted by atomic mass is 16.5. The maximum atomic E-state index is 12.3. The van der Waals surface area contributed by atoms with E-state index in [0.29, 0.717) is 29.4 Å². The fourth-order valence-electron chi connectivity index (χ4n) is 2.85. The molecule has 1 amide bonds. The van der Waals surface area contributed by atoms with Crippen molar-refractivity contribution >= 4 is 17.6 Å². The number of hydrogen-bond acceptors (Lipinski definition) is 6. The zero-order valence-electron chi connectivity index (χ0n) is 16.6. The van der Waals surface area contributed by atoms with Gasteiger partial charge in [0, 0.05) is 12.3 Å². The third-order valence-corrected chi connectivity index (χ3v) is 4.56. The number of ether oxygens (including phenoxy) is 4. The van der Waals surface area contributed by atoms with Crippen molar-refractivity contribution in [1.82, 2.24) is 0 Å². The number of hydrogen-bond donors (Lipinski definition) is 1. The summed E-state index contributed by atoms with van der Waals surface area (Å²) in [5.74, 6) is 0.348. The summed E-state index contributed by atoms with van der Waals surface area (Å²) < 4.78 is 21.5. The van der Waals surface area contributed by atoms with Gasteiger partial charge in [0.1, 0.15) is 18.1 Å². The predicted octanol–water partition coefficient (Wildman–Crippen LogP) is 3.44. The highest BCUT2D eigenvalue weighted by molar-refractivity contribution is 5.97. The maximum Gasteiger partial charge on any atom is 0.338 e. The third kappa shape index (κ3) is 5.96. The molecule has 29 heavy (non-hydrogen) atoms. The Kier molecular flexibility index (Phi) is 7.08. The van der Waals surface area contributed by atoms with E-state index in [9.17, 15) is 9.59 Å². The largest absolute Gasteiger partial charge is 0.497 e. The van der Waals surface area contributed by atoms with Gasteiger partial charge in [-0.2, -0.15) is 0 Å². The molecule has 1 N–H and O–H groups in total. The number of nitrogens with one attached hydrogen (secondary N) is 1. The molecule has 2 atom stereocenters. The number of amides is 1. The Hall–Kier alpha value is -3.06. The molecule has 3 rings (SSSR count). The van der Waals surface area contributed by atoms with Crippen molar-refractivity contribution < 1.29 is 28.5 Å². The summed E-state index contributed by atoms with van der Waals surface area (Å²) in [5, 5.41) is 2.70. The molecule has 1 heterocycles. The quantitative estimate of drug-likeness (QED) is 0.685. The molecule has 7 heteroatoms. The fourth-order valence-corrected chi connectivity index (χ4v) is 2.85. The Balaban J connectivity index is 1.48. The second kappa shape index (κ2) is 9.93. The van der Waals surface area contributed by atoms with E-state index in [1.165, 1.54) is 6.92 Å². The molecule has 1 saturated heterocycles. The lowest BCUT2D eigenvalue weighted by atomic mass is 10.2. The predicted molar refractivity (Wildman–Crippen MR) is 107 cm³/mol. The molecule has 1 aliphatic rings. The maximum absolute atomic E-state index is 12.3. The zero-order chi connectivity index (χ0) is 20.6. The molecule has 2 aromatic rings. The van der Waals surface area contributed by atoms with Crippen LogP contribution in [0.15, 0.2) is 48.5 Å². The van der Waals surface area contributed by atoms with Gasteiger partial charge in [0.2, 0.25) is 0 Å². The Labute approximate surface area is 169 Å². The summed E-state index contributed by atoms with van der Waals surface area (Å²) in [6, 6.07) is 13.5. The van der Waals surface area contributed by atoms with Gasteiger partial charge in [-0.25, -0.2) is 4.79 Å². The smallest absolute Gasteiger partial charge is 0.338 e. The first-order chi connectivity index (χ1) is 14.0. The number of esters is 1. The van der Waals surface area contributed by atoms with Crippen molar-refractivity contribution in [2.75, 3.05) is 25.6 Å². The van der Waals surface area contributed by atoms with Gasteiger partial charge in [0.25, 0.3) is 5.91 Å². The van der Waals surface area contributed by atoms with Gasteiger partial charge in [0.05, 0.1) is 18.8 Å². The van der Waals surface area contributed by atoms with Crippen LogP contribution < -0.4 is 14.8 Å². The summed E-state index contributed by atoms with van der Waals surface area (Å²) in [6.45, 7) is 2.80. The minimum atomic E-state index is -0.944. The van der Waals surface area contributed by atoms with E-state index in [4.69, 9.17) is 18.9 Å². The summed E-state index contributed by atoms with van der Waals surface area (Å²) >= 11 is 0. The summed E-state index contributed by atoms with van der Waals surface area (Å²) in [7, 11) is 1.57. The molecule has 0 saturated carbocycles. The first-order valence-electron chi connectivity index (χ1n) is 9.55. The van der Waals surface area contributed by atoms with Crippen LogP contribution >= 0.6 is 0 Å². The molecule has 0 bridgehead atoms. The SMILES string of the molecule is COc1ccc(NC(=O)[C@@H](C)OC(=O)c2ccc(OC[C@@H]3CCCO3)cc2)cc1. The Bertz CT molecular complexity index is 812. The van der Waals surface area contributed by atoms with E-state index in [1.54, 1.807) is 55.6 Å². The van der Waals surface area contributed by atoms with E-state index in [-0.39, 0.29) is 6.10 Å². The lowest BCUT2D eigenvalue weighted by molar-refractivity contribution is -0.123. The van der Waals surface area contributed by atoms with Crippen LogP contribution in [-0.4, -0.2) is 44.4 Å². The molecule has 7 nitrogen and oxygen atoms in total. The van der Waals surface area contributed by atoms with E-state index < -0.39 is 18.0 Å². The number of rotatable bonds is 8. The van der Waals surface area contributed by atoms with Crippen LogP contribution in [0.25, 0.3) is 0 Å². The van der Waals surface area contributed by atoms with Crippen LogP contribution in [0, 0.1) is 0 Å². The lowest BCUT2D eigenvalue weighted by Crippen LogP contribution is -2.30. The highest BCUT2D eigenvalue weighted by Gasteiger charge is 2.20. The Morgan fingerprint density at radius 2 is 1.79 bits per heavy atom. The van der Waals surface area contributed by atoms with E-state index in [0.717, 1.165) is 19.4 Å². The van der Waals surface area contributed by atoms with E-state index in [1.807, 2.05) is 0 Å². The van der Waals surface area contributed by atoms with Gasteiger partial charge < -0.3 is 24.3 Å². The number of carbonyl (C=O) groups excluding carboxylic acids is 2. The summed E-state index contributed by atoms with van der Waals surface area (Å²) in [4.78, 5) is 24.5. The minimum absolute atomic E-state index is 0.129. The molecule has 0 spiro atoms. The molecule has 1 aliphatic heterocycles. The normalized spacial score (nSPS) is 16.7. The van der Waals surface area contributed by atoms with Crippen LogP contribution in [0.5, 0.6) is 11.5 Å². The standard InChI is InChI=1S/C22H25NO6/c1-15(21(24)23-17-7-11-18(26-2)12-8-17)29-22(25)16-5-9-19(10-6-16)28-14-20-4-3-13-27-20/h5-12,15,20H,3-4,13-14H2,1-2H3,(H,23,24)/t15-,20+/m1/s1. The molecular weight excluding hydrogens is 374 g/mol. The number of benzene rings is 2. The van der Waals surface area contributed by atoms with E-state index in [2.05, 4.69) is 5.32 Å². The molecule has 2 aromatic carbocycles. The van der Waals surface area contributed by atoms with Gasteiger partial charge in [-0.15, -0.1) is 0 Å². The molecule has 0 aromatic heterocycles. The first-order valence-corrected chi connectivity index (χ1v) is 9.55. The van der Waals surface area contributed by atoms with Gasteiger partial charge in [-0.3, -0.25) is 4.79 Å². The van der Waals surface area contributed by atoms with Crippen LogP contribution in [-0.2, 0) is 14.3 Å².